The van der Waals surface area contributed by atoms with Crippen LogP contribution in [0.5, 0.6) is 0 Å². The fourth-order valence-electron chi connectivity index (χ4n) is 9.19. The van der Waals surface area contributed by atoms with Gasteiger partial charge in [-0.15, -0.1) is 0 Å². The summed E-state index contributed by atoms with van der Waals surface area (Å²) in [4.78, 5) is 57.1. The van der Waals surface area contributed by atoms with Crippen molar-refractivity contribution in [2.24, 2.45) is 0 Å². The summed E-state index contributed by atoms with van der Waals surface area (Å²) in [5, 5.41) is 10.9. The van der Waals surface area contributed by atoms with Gasteiger partial charge in [-0.3, -0.25) is 29.1 Å². The van der Waals surface area contributed by atoms with Crippen molar-refractivity contribution in [3.63, 3.8) is 0 Å². The molecular formula is C71H46Cl4F4N6O5. The second-order valence-corrected chi connectivity index (χ2v) is 21.0. The van der Waals surface area contributed by atoms with E-state index in [4.69, 9.17) is 62.1 Å². The average Bonchev–Trinajstić information content (AvgIpc) is 1.89. The molecule has 0 aliphatic carbocycles. The zero-order valence-corrected chi connectivity index (χ0v) is 49.8. The summed E-state index contributed by atoms with van der Waals surface area (Å²) in [6.45, 7) is 0. The number of benzene rings is 11. The number of nitrogen functional groups attached to an aromatic ring is 1. The number of carbonyl (C=O) groups is 3. The number of anilines is 1. The lowest BCUT2D eigenvalue weighted by Crippen LogP contribution is -2.14. The molecule has 11 aromatic carbocycles. The largest absolute Gasteiger partial charge is 0.393 e. The Morgan fingerprint density at radius 1 is 0.489 bits per heavy atom. The number of nitro groups is 1. The van der Waals surface area contributed by atoms with Gasteiger partial charge in [0.1, 0.15) is 17.3 Å². The van der Waals surface area contributed by atoms with Gasteiger partial charge in [-0.1, -0.05) is 199 Å². The van der Waals surface area contributed by atoms with Crippen LogP contribution in [0.25, 0.3) is 78.2 Å². The Kier molecular flexibility index (Phi) is 21.2. The standard InChI is InChI=1S/C26H15ClF2N2O.C19H13ClN2.C13H10O.C7H3ClF2O.C6H5ClN2O2/c27-18-11-13-24-23(15-18)30-25(31(24)26(32)17-10-12-21(28)22(29)14-17)20-9-5-4-8-19(20)16-6-2-1-3-7-16;20-14-10-11-17-18(12-14)22-19(21-17)16-9-5-4-8-15(16)13-6-2-1-3-7-13;14-10-12-8-4-5-9-13(12)11-6-2-1-3-7-11;8-7(11)4-1-2-5(9)6(10)3-4;7-4-1-2-5(8)6(3-4)9(10)11/h1-15H;1-12H,(H,21,22);1-10H;1-3H;1-3H,8H2. The van der Waals surface area contributed by atoms with Gasteiger partial charge >= 0.3 is 0 Å². The van der Waals surface area contributed by atoms with Crippen LogP contribution in [-0.2, 0) is 0 Å². The maximum atomic E-state index is 13.9. The van der Waals surface area contributed by atoms with Crippen LogP contribution in [0.3, 0.4) is 0 Å². The lowest BCUT2D eigenvalue weighted by Gasteiger charge is -2.12. The second kappa shape index (κ2) is 29.9. The lowest BCUT2D eigenvalue weighted by molar-refractivity contribution is -0.383. The van der Waals surface area contributed by atoms with Gasteiger partial charge in [0.25, 0.3) is 16.8 Å². The fraction of sp³-hybridized carbons (Fsp3) is 0. The number of aromatic amines is 1. The minimum absolute atomic E-state index is 0.0107. The molecule has 0 atom stereocenters. The number of halogens is 8. The van der Waals surface area contributed by atoms with E-state index in [0.717, 1.165) is 98.0 Å². The van der Waals surface area contributed by atoms with E-state index in [1.165, 1.54) is 34.4 Å². The molecule has 2 heterocycles. The molecular weight excluding hydrogens is 1230 g/mol. The Hall–Kier alpha value is -10.6. The summed E-state index contributed by atoms with van der Waals surface area (Å²) in [6.07, 6.45) is 0.891. The summed E-state index contributed by atoms with van der Waals surface area (Å²) < 4.78 is 53.4. The molecule has 0 fully saturated rings. The third-order valence-electron chi connectivity index (χ3n) is 13.5. The molecule has 3 N–H and O–H groups in total. The van der Waals surface area contributed by atoms with Crippen molar-refractivity contribution in [3.05, 3.63) is 320 Å². The SMILES string of the molecule is Clc1ccc2nc(-c3ccccc3-c3ccccc3)[nH]c2c1.Nc1ccc(Cl)cc1[N+](=O)[O-].O=C(Cl)c1ccc(F)c(F)c1.O=C(c1ccc(F)c(F)c1)n1c(-c2ccccc2-c2ccccc2)nc2cc(Cl)ccc21.O=Cc1ccccc1-c1ccccc1. The highest BCUT2D eigenvalue weighted by Crippen LogP contribution is 2.36. The van der Waals surface area contributed by atoms with E-state index in [-0.39, 0.29) is 22.5 Å². The molecule has 0 spiro atoms. The third kappa shape index (κ3) is 15.8. The first kappa shape index (κ1) is 63.9. The summed E-state index contributed by atoms with van der Waals surface area (Å²) in [7, 11) is 0. The molecule has 13 aromatic rings. The average molecular weight is 1280 g/mol. The number of H-pyrrole nitrogens is 1. The minimum atomic E-state index is -1.09. The van der Waals surface area contributed by atoms with Crippen LogP contribution in [0.1, 0.15) is 31.1 Å². The molecule has 0 saturated carbocycles. The molecule has 13 rings (SSSR count). The van der Waals surface area contributed by atoms with Crippen LogP contribution < -0.4 is 5.73 Å². The van der Waals surface area contributed by atoms with Crippen LogP contribution in [0.4, 0.5) is 28.9 Å². The Labute approximate surface area is 532 Å². The number of nitrogens with one attached hydrogen (secondary N) is 1. The highest BCUT2D eigenvalue weighted by atomic mass is 35.5. The van der Waals surface area contributed by atoms with Crippen LogP contribution >= 0.6 is 46.4 Å². The Bertz CT molecular complexity index is 4730. The minimum Gasteiger partial charge on any atom is -0.393 e. The predicted molar refractivity (Wildman–Crippen MR) is 350 cm³/mol. The number of nitrogens with zero attached hydrogens (tertiary/aromatic N) is 4. The molecule has 19 heteroatoms. The summed E-state index contributed by atoms with van der Waals surface area (Å²) in [5.74, 6) is -3.45. The van der Waals surface area contributed by atoms with Crippen molar-refractivity contribution < 1.29 is 36.9 Å². The monoisotopic (exact) mass is 1280 g/mol. The Morgan fingerprint density at radius 2 is 0.956 bits per heavy atom. The zero-order valence-electron chi connectivity index (χ0n) is 46.8. The Balaban J connectivity index is 0.000000143. The Morgan fingerprint density at radius 3 is 1.51 bits per heavy atom. The number of nitrogens with two attached hydrogens (primary N) is 1. The number of hydrogen-bond donors (Lipinski definition) is 2. The van der Waals surface area contributed by atoms with Crippen molar-refractivity contribution in [3.8, 4) is 56.2 Å². The number of fused-ring (bicyclic) bond motifs is 2. The quantitative estimate of drug-likeness (QED) is 0.0360. The molecule has 0 aliphatic rings. The number of rotatable bonds is 9. The van der Waals surface area contributed by atoms with Gasteiger partial charge in [-0.05, 0) is 130 Å². The molecule has 11 nitrogen and oxygen atoms in total. The first-order valence-electron chi connectivity index (χ1n) is 27.0. The van der Waals surface area contributed by atoms with Crippen LogP contribution in [0.15, 0.2) is 255 Å². The topological polar surface area (TPSA) is 167 Å². The van der Waals surface area contributed by atoms with Gasteiger partial charge in [0.15, 0.2) is 29.6 Å². The van der Waals surface area contributed by atoms with Crippen molar-refractivity contribution in [2.45, 2.75) is 0 Å². The van der Waals surface area contributed by atoms with Gasteiger partial charge in [0, 0.05) is 49.0 Å². The number of nitro benzene ring substituents is 1. The lowest BCUT2D eigenvalue weighted by atomic mass is 9.99. The van der Waals surface area contributed by atoms with Crippen LogP contribution in [0.2, 0.25) is 15.1 Å². The maximum Gasteiger partial charge on any atom is 0.293 e. The van der Waals surface area contributed by atoms with E-state index in [9.17, 15) is 42.1 Å². The molecule has 0 radical (unpaired) electrons. The fourth-order valence-corrected chi connectivity index (χ4v) is 9.81. The van der Waals surface area contributed by atoms with Gasteiger partial charge < -0.3 is 10.7 Å². The van der Waals surface area contributed by atoms with Gasteiger partial charge in [0.2, 0.25) is 0 Å². The number of hydrogen-bond acceptors (Lipinski definition) is 8. The van der Waals surface area contributed by atoms with E-state index in [2.05, 4.69) is 29.2 Å². The highest BCUT2D eigenvalue weighted by molar-refractivity contribution is 6.67. The van der Waals surface area contributed by atoms with E-state index in [1.807, 2.05) is 158 Å². The van der Waals surface area contributed by atoms with E-state index in [1.54, 1.807) is 18.2 Å². The van der Waals surface area contributed by atoms with E-state index in [0.29, 0.717) is 31.9 Å². The maximum absolute atomic E-state index is 13.9. The number of aromatic nitrogens is 4. The highest BCUT2D eigenvalue weighted by Gasteiger charge is 2.23. The van der Waals surface area contributed by atoms with Crippen LogP contribution in [-0.4, -0.2) is 41.9 Å². The van der Waals surface area contributed by atoms with E-state index >= 15 is 0 Å². The van der Waals surface area contributed by atoms with Crippen molar-refractivity contribution in [1.82, 2.24) is 19.5 Å². The molecule has 446 valence electrons. The van der Waals surface area contributed by atoms with E-state index < -0.39 is 39.3 Å². The third-order valence-corrected chi connectivity index (χ3v) is 14.4. The first-order chi connectivity index (χ1) is 43.5. The van der Waals surface area contributed by atoms with Crippen molar-refractivity contribution >= 4 is 97.3 Å². The summed E-state index contributed by atoms with van der Waals surface area (Å²) in [5.41, 5.74) is 16.9. The molecule has 0 bridgehead atoms. The number of carbonyl (C=O) groups excluding carboxylic acids is 3. The molecule has 0 saturated heterocycles. The van der Waals surface area contributed by atoms with Gasteiger partial charge in [0.05, 0.1) is 27.0 Å². The normalized spacial score (nSPS) is 10.5. The molecule has 0 aliphatic heterocycles. The number of imidazole rings is 2. The van der Waals surface area contributed by atoms with Gasteiger partial charge in [-0.25, -0.2) is 27.5 Å². The second-order valence-electron chi connectivity index (χ2n) is 19.3. The molecule has 0 unspecified atom stereocenters. The molecule has 90 heavy (non-hydrogen) atoms. The predicted octanol–water partition coefficient (Wildman–Crippen LogP) is 19.9. The molecule has 0 amide bonds. The first-order valence-corrected chi connectivity index (χ1v) is 28.6. The zero-order chi connectivity index (χ0) is 63.8. The van der Waals surface area contributed by atoms with Crippen LogP contribution in [0, 0.1) is 33.4 Å². The summed E-state index contributed by atoms with van der Waals surface area (Å²) in [6, 6.07) is 74.1. The van der Waals surface area contributed by atoms with Crippen molar-refractivity contribution in [1.29, 1.82) is 0 Å². The summed E-state index contributed by atoms with van der Waals surface area (Å²) >= 11 is 22.7. The smallest absolute Gasteiger partial charge is 0.293 e. The van der Waals surface area contributed by atoms with Gasteiger partial charge in [-0.2, -0.15) is 0 Å². The molecule has 2 aromatic heterocycles. The van der Waals surface area contributed by atoms with Crippen molar-refractivity contribution in [2.75, 3.05) is 5.73 Å². The number of aldehydes is 1.